The molecule has 1 unspecified atom stereocenters. The van der Waals surface area contributed by atoms with Crippen LogP contribution in [-0.4, -0.2) is 29.6 Å². The van der Waals surface area contributed by atoms with Crippen molar-refractivity contribution in [2.75, 3.05) is 6.61 Å². The van der Waals surface area contributed by atoms with Crippen LogP contribution in [0.3, 0.4) is 0 Å². The molecule has 6 heteroatoms. The van der Waals surface area contributed by atoms with Crippen LogP contribution < -0.4 is 4.74 Å². The van der Waals surface area contributed by atoms with Crippen LogP contribution in [-0.2, 0) is 9.53 Å². The molecule has 1 aromatic rings. The average Bonchev–Trinajstić information content (AvgIpc) is 2.48. The van der Waals surface area contributed by atoms with Crippen LogP contribution in [0, 0.1) is 0 Å². The predicted molar refractivity (Wildman–Crippen MR) is 75.7 cm³/mol. The Morgan fingerprint density at radius 1 is 1.43 bits per heavy atom. The molecule has 0 aliphatic carbocycles. The van der Waals surface area contributed by atoms with E-state index in [0.717, 1.165) is 0 Å². The summed E-state index contributed by atoms with van der Waals surface area (Å²) in [5.41, 5.74) is 0.661. The monoisotopic (exact) mass is 305 g/mol. The van der Waals surface area contributed by atoms with E-state index in [2.05, 4.69) is 0 Å². The Hall–Kier alpha value is -2.27. The van der Waals surface area contributed by atoms with E-state index in [-0.39, 0.29) is 23.1 Å². The van der Waals surface area contributed by atoms with Crippen molar-refractivity contribution < 1.29 is 19.1 Å². The molecule has 0 saturated heterocycles. The van der Waals surface area contributed by atoms with Gasteiger partial charge in [0.2, 0.25) is 0 Å². The lowest BCUT2D eigenvalue weighted by Gasteiger charge is -2.35. The summed E-state index contributed by atoms with van der Waals surface area (Å²) in [4.78, 5) is 25.6. The number of ether oxygens (including phenoxy) is 2. The van der Waals surface area contributed by atoms with Crippen LogP contribution in [0.4, 0.5) is 0 Å². The summed E-state index contributed by atoms with van der Waals surface area (Å²) in [6.45, 7) is 1.96. The Morgan fingerprint density at radius 3 is 2.95 bits per heavy atom. The third kappa shape index (κ3) is 2.29. The first kappa shape index (κ1) is 13.7. The van der Waals surface area contributed by atoms with Crippen LogP contribution in [0.2, 0.25) is 0 Å². The maximum Gasteiger partial charge on any atom is 0.339 e. The second kappa shape index (κ2) is 5.26. The van der Waals surface area contributed by atoms with Crippen LogP contribution in [0.1, 0.15) is 17.3 Å². The maximum atomic E-state index is 12.4. The van der Waals surface area contributed by atoms with E-state index in [4.69, 9.17) is 21.1 Å². The molecule has 0 spiro atoms. The van der Waals surface area contributed by atoms with Gasteiger partial charge in [0.25, 0.3) is 5.91 Å². The fourth-order valence-electron chi connectivity index (χ4n) is 2.22. The van der Waals surface area contributed by atoms with E-state index in [1.807, 2.05) is 0 Å². The van der Waals surface area contributed by atoms with Crippen molar-refractivity contribution in [3.05, 3.63) is 52.7 Å². The van der Waals surface area contributed by atoms with Gasteiger partial charge in [-0.1, -0.05) is 23.7 Å². The van der Waals surface area contributed by atoms with Gasteiger partial charge < -0.3 is 9.47 Å². The normalized spacial score (nSPS) is 19.8. The summed E-state index contributed by atoms with van der Waals surface area (Å²) in [5.74, 6) is -0.276. The molecule has 2 aliphatic heterocycles. The maximum absolute atomic E-state index is 12.4. The number of halogens is 1. The molecule has 1 atom stereocenters. The molecular formula is C15H12ClNO4. The Balaban J connectivity index is 1.98. The molecule has 0 saturated carbocycles. The average molecular weight is 306 g/mol. The van der Waals surface area contributed by atoms with Crippen molar-refractivity contribution in [3.63, 3.8) is 0 Å². The Morgan fingerprint density at radius 2 is 2.19 bits per heavy atom. The minimum Gasteiger partial charge on any atom is -0.466 e. The van der Waals surface area contributed by atoms with Gasteiger partial charge in [-0.25, -0.2) is 4.79 Å². The number of nitrogens with zero attached hydrogens (tertiary/aromatic N) is 1. The second-order valence-electron chi connectivity index (χ2n) is 4.49. The number of carbonyl (C=O) groups excluding carboxylic acids is 2. The topological polar surface area (TPSA) is 55.8 Å². The van der Waals surface area contributed by atoms with Crippen molar-refractivity contribution in [2.24, 2.45) is 0 Å². The second-order valence-corrected chi connectivity index (χ2v) is 4.90. The van der Waals surface area contributed by atoms with Gasteiger partial charge in [0.15, 0.2) is 6.23 Å². The van der Waals surface area contributed by atoms with Gasteiger partial charge in [0.1, 0.15) is 5.75 Å². The van der Waals surface area contributed by atoms with E-state index < -0.39 is 12.2 Å². The summed E-state index contributed by atoms with van der Waals surface area (Å²) in [7, 11) is 0. The zero-order valence-corrected chi connectivity index (χ0v) is 12.0. The summed E-state index contributed by atoms with van der Waals surface area (Å²) < 4.78 is 10.7. The lowest BCUT2D eigenvalue weighted by Crippen LogP contribution is -2.45. The first-order chi connectivity index (χ1) is 10.1. The third-order valence-corrected chi connectivity index (χ3v) is 3.49. The highest BCUT2D eigenvalue weighted by Crippen LogP contribution is 2.33. The van der Waals surface area contributed by atoms with Crippen molar-refractivity contribution in [1.82, 2.24) is 4.90 Å². The Bertz CT molecular complexity index is 680. The minimum absolute atomic E-state index is 0.154. The van der Waals surface area contributed by atoms with E-state index >= 15 is 0 Å². The quantitative estimate of drug-likeness (QED) is 0.788. The first-order valence-corrected chi connectivity index (χ1v) is 6.84. The number of esters is 1. The number of hydrogen-bond donors (Lipinski definition) is 0. The van der Waals surface area contributed by atoms with Gasteiger partial charge in [-0.2, -0.15) is 0 Å². The minimum atomic E-state index is -0.700. The molecule has 3 rings (SSSR count). The molecule has 21 heavy (non-hydrogen) atoms. The first-order valence-electron chi connectivity index (χ1n) is 6.47. The van der Waals surface area contributed by atoms with Crippen molar-refractivity contribution in [3.8, 4) is 5.75 Å². The van der Waals surface area contributed by atoms with Crippen LogP contribution in [0.5, 0.6) is 5.75 Å². The summed E-state index contributed by atoms with van der Waals surface area (Å²) in [6, 6.07) is 6.93. The third-order valence-electron chi connectivity index (χ3n) is 3.19. The molecule has 1 amide bonds. The predicted octanol–water partition coefficient (Wildman–Crippen LogP) is 2.43. The number of rotatable bonds is 2. The van der Waals surface area contributed by atoms with Gasteiger partial charge in [0.05, 0.1) is 22.8 Å². The summed E-state index contributed by atoms with van der Waals surface area (Å²) in [5, 5.41) is 0.154. The summed E-state index contributed by atoms with van der Waals surface area (Å²) in [6.07, 6.45) is 2.19. The largest absolute Gasteiger partial charge is 0.466 e. The zero-order chi connectivity index (χ0) is 15.0. The SMILES string of the molecule is CCOC(=O)C1=CC2Oc3ccccc3C(=O)N2C=C1Cl. The van der Waals surface area contributed by atoms with Crippen molar-refractivity contribution >= 4 is 23.5 Å². The fraction of sp³-hybridized carbons (Fsp3) is 0.200. The number of fused-ring (bicyclic) bond motifs is 2. The highest BCUT2D eigenvalue weighted by molar-refractivity contribution is 6.35. The lowest BCUT2D eigenvalue weighted by molar-refractivity contribution is -0.138. The molecule has 5 nitrogen and oxygen atoms in total. The van der Waals surface area contributed by atoms with E-state index in [0.29, 0.717) is 11.3 Å². The summed E-state index contributed by atoms with van der Waals surface area (Å²) >= 11 is 6.07. The van der Waals surface area contributed by atoms with Crippen molar-refractivity contribution in [2.45, 2.75) is 13.2 Å². The van der Waals surface area contributed by atoms with E-state index in [1.54, 1.807) is 31.2 Å². The number of para-hydroxylation sites is 1. The van der Waals surface area contributed by atoms with Crippen LogP contribution in [0.25, 0.3) is 0 Å². The molecule has 0 N–H and O–H groups in total. The number of hydrogen-bond acceptors (Lipinski definition) is 4. The van der Waals surface area contributed by atoms with Crippen molar-refractivity contribution in [1.29, 1.82) is 0 Å². The molecule has 0 radical (unpaired) electrons. The van der Waals surface area contributed by atoms with Gasteiger partial charge in [-0.15, -0.1) is 0 Å². The molecule has 2 heterocycles. The van der Waals surface area contributed by atoms with E-state index in [1.165, 1.54) is 17.2 Å². The number of benzene rings is 1. The zero-order valence-electron chi connectivity index (χ0n) is 11.2. The number of amides is 1. The highest BCUT2D eigenvalue weighted by atomic mass is 35.5. The van der Waals surface area contributed by atoms with Crippen LogP contribution in [0.15, 0.2) is 47.1 Å². The molecular weight excluding hydrogens is 294 g/mol. The van der Waals surface area contributed by atoms with Gasteiger partial charge in [0, 0.05) is 6.20 Å². The fourth-order valence-corrected chi connectivity index (χ4v) is 2.47. The van der Waals surface area contributed by atoms with Gasteiger partial charge in [-0.05, 0) is 25.1 Å². The number of carbonyl (C=O) groups is 2. The highest BCUT2D eigenvalue weighted by Gasteiger charge is 2.36. The Labute approximate surface area is 126 Å². The van der Waals surface area contributed by atoms with Gasteiger partial charge >= 0.3 is 5.97 Å². The molecule has 108 valence electrons. The molecule has 2 aliphatic rings. The smallest absolute Gasteiger partial charge is 0.339 e. The van der Waals surface area contributed by atoms with E-state index in [9.17, 15) is 9.59 Å². The van der Waals surface area contributed by atoms with Crippen LogP contribution >= 0.6 is 11.6 Å². The Kier molecular flexibility index (Phi) is 3.43. The molecule has 1 aromatic carbocycles. The molecule has 0 bridgehead atoms. The molecule has 0 fully saturated rings. The lowest BCUT2D eigenvalue weighted by atomic mass is 10.1. The molecule has 0 aromatic heterocycles. The van der Waals surface area contributed by atoms with Gasteiger partial charge in [-0.3, -0.25) is 9.69 Å². The standard InChI is InChI=1S/C15H12ClNO4/c1-2-20-15(19)10-7-13-17(8-11(10)16)14(18)9-5-3-4-6-12(9)21-13/h3-8,13H,2H2,1H3.